The Morgan fingerprint density at radius 1 is 1.09 bits per heavy atom. The van der Waals surface area contributed by atoms with Gasteiger partial charge in [-0.15, -0.1) is 0 Å². The van der Waals surface area contributed by atoms with Crippen LogP contribution in [0.25, 0.3) is 6.08 Å². The number of benzene rings is 3. The number of nitro benzene ring substituents is 1. The van der Waals surface area contributed by atoms with Crippen molar-refractivity contribution in [3.63, 3.8) is 0 Å². The molecule has 8 heteroatoms. The third-order valence-corrected chi connectivity index (χ3v) is 5.29. The van der Waals surface area contributed by atoms with Crippen molar-refractivity contribution < 1.29 is 19.2 Å². The molecule has 7 nitrogen and oxygen atoms in total. The van der Waals surface area contributed by atoms with Crippen molar-refractivity contribution in [3.05, 3.63) is 109 Å². The first kappa shape index (κ1) is 21.5. The van der Waals surface area contributed by atoms with Gasteiger partial charge in [0.25, 0.3) is 5.69 Å². The number of ether oxygens (including phenoxy) is 2. The summed E-state index contributed by atoms with van der Waals surface area (Å²) in [6, 6.07) is 19.6. The molecule has 0 amide bonds. The highest BCUT2D eigenvalue weighted by atomic mass is 79.9. The van der Waals surface area contributed by atoms with Gasteiger partial charge in [0.1, 0.15) is 12.4 Å². The van der Waals surface area contributed by atoms with Gasteiger partial charge in [0.2, 0.25) is 5.90 Å². The van der Waals surface area contributed by atoms with Crippen molar-refractivity contribution >= 4 is 39.6 Å². The Kier molecular flexibility index (Phi) is 6.13. The molecule has 0 spiro atoms. The fourth-order valence-electron chi connectivity index (χ4n) is 3.09. The van der Waals surface area contributed by atoms with Gasteiger partial charge in [-0.2, -0.15) is 0 Å². The molecule has 0 aromatic heterocycles. The molecule has 0 radical (unpaired) electrons. The molecule has 0 unspecified atom stereocenters. The topological polar surface area (TPSA) is 91.0 Å². The third kappa shape index (κ3) is 4.92. The van der Waals surface area contributed by atoms with E-state index in [0.29, 0.717) is 23.5 Å². The molecule has 0 fully saturated rings. The van der Waals surface area contributed by atoms with Gasteiger partial charge in [-0.1, -0.05) is 40.2 Å². The van der Waals surface area contributed by atoms with E-state index in [1.165, 1.54) is 12.1 Å². The number of esters is 1. The van der Waals surface area contributed by atoms with Crippen molar-refractivity contribution in [2.75, 3.05) is 0 Å². The summed E-state index contributed by atoms with van der Waals surface area (Å²) in [6.45, 7) is 2.07. The summed E-state index contributed by atoms with van der Waals surface area (Å²) in [5, 5.41) is 11.0. The highest BCUT2D eigenvalue weighted by Gasteiger charge is 2.25. The van der Waals surface area contributed by atoms with Crippen molar-refractivity contribution in [2.45, 2.75) is 13.5 Å². The highest BCUT2D eigenvalue weighted by molar-refractivity contribution is 9.10. The number of halogens is 1. The first-order chi connectivity index (χ1) is 15.4. The minimum absolute atomic E-state index is 0.00289. The molecule has 3 aromatic rings. The van der Waals surface area contributed by atoms with Gasteiger partial charge < -0.3 is 9.47 Å². The Balaban J connectivity index is 1.46. The van der Waals surface area contributed by atoms with E-state index < -0.39 is 10.9 Å². The number of hydrogen-bond acceptors (Lipinski definition) is 6. The maximum absolute atomic E-state index is 12.2. The quantitative estimate of drug-likeness (QED) is 0.193. The molecule has 4 rings (SSSR count). The largest absolute Gasteiger partial charge is 0.489 e. The standard InChI is InChI=1S/C24H17BrN2O5/c1-15-12-18(6-11-22(15)27(29)30)23-26-21(24(28)32-23)13-16-4-9-20(10-5-16)31-14-17-2-7-19(25)8-3-17/h2-13H,14H2,1H3/b21-13-. The average molecular weight is 493 g/mol. The minimum atomic E-state index is -0.577. The van der Waals surface area contributed by atoms with Crippen molar-refractivity contribution in [1.82, 2.24) is 0 Å². The Morgan fingerprint density at radius 3 is 2.47 bits per heavy atom. The zero-order valence-corrected chi connectivity index (χ0v) is 18.5. The van der Waals surface area contributed by atoms with Crippen LogP contribution in [0, 0.1) is 17.0 Å². The monoisotopic (exact) mass is 492 g/mol. The molecule has 1 aliphatic rings. The van der Waals surface area contributed by atoms with E-state index >= 15 is 0 Å². The molecule has 0 N–H and O–H groups in total. The van der Waals surface area contributed by atoms with Crippen LogP contribution in [0.1, 0.15) is 22.3 Å². The summed E-state index contributed by atoms with van der Waals surface area (Å²) >= 11 is 3.40. The molecule has 1 heterocycles. The number of rotatable bonds is 6. The molecule has 160 valence electrons. The first-order valence-electron chi connectivity index (χ1n) is 9.64. The van der Waals surface area contributed by atoms with E-state index in [1.807, 2.05) is 48.5 Å². The van der Waals surface area contributed by atoms with E-state index in [0.717, 1.165) is 15.6 Å². The number of carbonyl (C=O) groups excluding carboxylic acids is 1. The van der Waals surface area contributed by atoms with Crippen molar-refractivity contribution in [1.29, 1.82) is 0 Å². The maximum atomic E-state index is 12.2. The summed E-state index contributed by atoms with van der Waals surface area (Å²) in [7, 11) is 0. The van der Waals surface area contributed by atoms with Gasteiger partial charge in [-0.3, -0.25) is 10.1 Å². The zero-order valence-electron chi connectivity index (χ0n) is 16.9. The molecule has 3 aromatic carbocycles. The van der Waals surface area contributed by atoms with E-state index in [2.05, 4.69) is 20.9 Å². The third-order valence-electron chi connectivity index (χ3n) is 4.76. The summed E-state index contributed by atoms with van der Waals surface area (Å²) in [4.78, 5) is 27.0. The number of aliphatic imine (C=N–C) groups is 1. The smallest absolute Gasteiger partial charge is 0.363 e. The number of cyclic esters (lactones) is 1. The highest BCUT2D eigenvalue weighted by Crippen LogP contribution is 2.24. The number of aryl methyl sites for hydroxylation is 1. The lowest BCUT2D eigenvalue weighted by atomic mass is 10.1. The Hall–Kier alpha value is -3.78. The van der Waals surface area contributed by atoms with E-state index in [9.17, 15) is 14.9 Å². The Morgan fingerprint density at radius 2 is 1.81 bits per heavy atom. The Bertz CT molecular complexity index is 1250. The molecular weight excluding hydrogens is 476 g/mol. The minimum Gasteiger partial charge on any atom is -0.489 e. The predicted octanol–water partition coefficient (Wildman–Crippen LogP) is 5.59. The zero-order chi connectivity index (χ0) is 22.7. The molecule has 32 heavy (non-hydrogen) atoms. The fourth-order valence-corrected chi connectivity index (χ4v) is 3.36. The lowest BCUT2D eigenvalue weighted by Gasteiger charge is -2.06. The van der Waals surface area contributed by atoms with Crippen LogP contribution in [0.15, 0.2) is 81.9 Å². The van der Waals surface area contributed by atoms with E-state index in [-0.39, 0.29) is 17.3 Å². The predicted molar refractivity (Wildman–Crippen MR) is 123 cm³/mol. The van der Waals surface area contributed by atoms with Gasteiger partial charge in [-0.25, -0.2) is 9.79 Å². The lowest BCUT2D eigenvalue weighted by Crippen LogP contribution is -2.06. The second-order valence-corrected chi connectivity index (χ2v) is 7.99. The molecular formula is C24H17BrN2O5. The number of nitrogens with zero attached hydrogens (tertiary/aromatic N) is 2. The van der Waals surface area contributed by atoms with Crippen LogP contribution in [0.2, 0.25) is 0 Å². The Labute approximate surface area is 192 Å². The summed E-state index contributed by atoms with van der Waals surface area (Å²) in [5.41, 5.74) is 2.93. The van der Waals surface area contributed by atoms with Gasteiger partial charge in [0, 0.05) is 21.7 Å². The SMILES string of the molecule is Cc1cc(C2=N/C(=C\c3ccc(OCc4ccc(Br)cc4)cc3)C(=O)O2)ccc1[N+](=O)[O-]. The van der Waals surface area contributed by atoms with Gasteiger partial charge in [-0.05, 0) is 60.5 Å². The average Bonchev–Trinajstić information content (AvgIpc) is 3.14. The van der Waals surface area contributed by atoms with Crippen LogP contribution in [0.3, 0.4) is 0 Å². The normalized spacial score (nSPS) is 14.2. The summed E-state index contributed by atoms with van der Waals surface area (Å²) in [6.07, 6.45) is 1.62. The lowest BCUT2D eigenvalue weighted by molar-refractivity contribution is -0.385. The number of carbonyl (C=O) groups is 1. The number of nitro groups is 1. The van der Waals surface area contributed by atoms with Crippen LogP contribution in [-0.2, 0) is 16.1 Å². The molecule has 1 aliphatic heterocycles. The summed E-state index contributed by atoms with van der Waals surface area (Å²) in [5.74, 6) is 0.245. The summed E-state index contributed by atoms with van der Waals surface area (Å²) < 4.78 is 12.1. The molecule has 0 aliphatic carbocycles. The second kappa shape index (κ2) is 9.15. The molecule has 0 atom stereocenters. The van der Waals surface area contributed by atoms with Gasteiger partial charge in [0.05, 0.1) is 4.92 Å². The second-order valence-electron chi connectivity index (χ2n) is 7.08. The van der Waals surface area contributed by atoms with Crippen molar-refractivity contribution in [3.8, 4) is 5.75 Å². The molecule has 0 saturated heterocycles. The van der Waals surface area contributed by atoms with Crippen LogP contribution in [-0.4, -0.2) is 16.8 Å². The van der Waals surface area contributed by atoms with E-state index in [4.69, 9.17) is 9.47 Å². The van der Waals surface area contributed by atoms with E-state index in [1.54, 1.807) is 19.1 Å². The van der Waals surface area contributed by atoms with Gasteiger partial charge in [0.15, 0.2) is 5.70 Å². The molecule has 0 bridgehead atoms. The maximum Gasteiger partial charge on any atom is 0.363 e. The fraction of sp³-hybridized carbons (Fsp3) is 0.0833. The van der Waals surface area contributed by atoms with Crippen LogP contribution in [0.4, 0.5) is 5.69 Å². The molecule has 0 saturated carbocycles. The van der Waals surface area contributed by atoms with Crippen LogP contribution < -0.4 is 4.74 Å². The van der Waals surface area contributed by atoms with Crippen LogP contribution in [0.5, 0.6) is 5.75 Å². The van der Waals surface area contributed by atoms with Crippen molar-refractivity contribution in [2.24, 2.45) is 4.99 Å². The van der Waals surface area contributed by atoms with Crippen LogP contribution >= 0.6 is 15.9 Å². The van der Waals surface area contributed by atoms with Gasteiger partial charge >= 0.3 is 5.97 Å². The number of hydrogen-bond donors (Lipinski definition) is 0. The first-order valence-corrected chi connectivity index (χ1v) is 10.4.